The molecule has 0 unspecified atom stereocenters. The third-order valence-electron chi connectivity index (χ3n) is 6.25. The SMILES string of the molecule is O=C(NCc1cccc(Sc2ccc(C(F)(F)F)cc2)c1)[C@@H]1CCCN1S(=O)(=O)c1cc2ccccc2o1. The highest BCUT2D eigenvalue weighted by Crippen LogP contribution is 2.34. The summed E-state index contributed by atoms with van der Waals surface area (Å²) in [6, 6.07) is 19.8. The van der Waals surface area contributed by atoms with E-state index in [2.05, 4.69) is 5.32 Å². The molecule has 6 nitrogen and oxygen atoms in total. The van der Waals surface area contributed by atoms with Gasteiger partial charge < -0.3 is 9.73 Å². The lowest BCUT2D eigenvalue weighted by atomic mass is 10.2. The van der Waals surface area contributed by atoms with Crippen LogP contribution in [0.5, 0.6) is 0 Å². The van der Waals surface area contributed by atoms with Crippen LogP contribution in [0.3, 0.4) is 0 Å². The van der Waals surface area contributed by atoms with E-state index in [1.807, 2.05) is 18.2 Å². The molecule has 1 amide bonds. The van der Waals surface area contributed by atoms with Gasteiger partial charge in [0, 0.05) is 34.3 Å². The minimum absolute atomic E-state index is 0.176. The predicted molar refractivity (Wildman–Crippen MR) is 137 cm³/mol. The number of nitrogens with zero attached hydrogens (tertiary/aromatic N) is 1. The van der Waals surface area contributed by atoms with Crippen LogP contribution >= 0.6 is 11.8 Å². The number of hydrogen-bond acceptors (Lipinski definition) is 5. The van der Waals surface area contributed by atoms with Crippen molar-refractivity contribution in [2.24, 2.45) is 0 Å². The molecule has 1 aliphatic rings. The van der Waals surface area contributed by atoms with Gasteiger partial charge in [0.25, 0.3) is 10.0 Å². The second kappa shape index (κ2) is 10.5. The molecule has 0 aliphatic carbocycles. The zero-order valence-corrected chi connectivity index (χ0v) is 21.6. The molecule has 1 atom stereocenters. The number of carbonyl (C=O) groups excluding carboxylic acids is 1. The molecule has 4 aromatic rings. The molecule has 0 saturated carbocycles. The summed E-state index contributed by atoms with van der Waals surface area (Å²) in [7, 11) is -4.00. The van der Waals surface area contributed by atoms with Crippen molar-refractivity contribution in [3.63, 3.8) is 0 Å². The second-order valence-corrected chi connectivity index (χ2v) is 11.8. The van der Waals surface area contributed by atoms with E-state index in [0.29, 0.717) is 28.7 Å². The fourth-order valence-electron chi connectivity index (χ4n) is 4.36. The van der Waals surface area contributed by atoms with E-state index in [1.165, 1.54) is 34.3 Å². The van der Waals surface area contributed by atoms with Gasteiger partial charge in [-0.25, -0.2) is 8.42 Å². The van der Waals surface area contributed by atoms with Crippen molar-refractivity contribution in [2.45, 2.75) is 46.5 Å². The summed E-state index contributed by atoms with van der Waals surface area (Å²) in [5.41, 5.74) is 0.530. The monoisotopic (exact) mass is 560 g/mol. The minimum Gasteiger partial charge on any atom is -0.443 e. The van der Waals surface area contributed by atoms with Crippen LogP contribution in [-0.2, 0) is 27.5 Å². The van der Waals surface area contributed by atoms with Crippen LogP contribution in [0, 0.1) is 0 Å². The van der Waals surface area contributed by atoms with Crippen LogP contribution in [0.1, 0.15) is 24.0 Å². The number of carbonyl (C=O) groups is 1. The van der Waals surface area contributed by atoms with E-state index < -0.39 is 33.7 Å². The van der Waals surface area contributed by atoms with Gasteiger partial charge in [0.05, 0.1) is 5.56 Å². The number of alkyl halides is 3. The van der Waals surface area contributed by atoms with Crippen LogP contribution < -0.4 is 5.32 Å². The van der Waals surface area contributed by atoms with Crippen molar-refractivity contribution >= 4 is 38.7 Å². The van der Waals surface area contributed by atoms with Crippen molar-refractivity contribution in [3.05, 3.63) is 90.0 Å². The van der Waals surface area contributed by atoms with Gasteiger partial charge in [-0.3, -0.25) is 4.79 Å². The van der Waals surface area contributed by atoms with Crippen LogP contribution in [0.4, 0.5) is 13.2 Å². The van der Waals surface area contributed by atoms with Crippen LogP contribution in [-0.4, -0.2) is 31.2 Å². The van der Waals surface area contributed by atoms with Crippen molar-refractivity contribution in [3.8, 4) is 0 Å². The van der Waals surface area contributed by atoms with E-state index in [9.17, 15) is 26.4 Å². The topological polar surface area (TPSA) is 79.6 Å². The number of rotatable bonds is 7. The van der Waals surface area contributed by atoms with Gasteiger partial charge in [0.15, 0.2) is 0 Å². The van der Waals surface area contributed by atoms with E-state index in [0.717, 1.165) is 22.6 Å². The van der Waals surface area contributed by atoms with Crippen molar-refractivity contribution < 1.29 is 30.8 Å². The Morgan fingerprint density at radius 1 is 1.00 bits per heavy atom. The fourth-order valence-corrected chi connectivity index (χ4v) is 6.87. The number of fused-ring (bicyclic) bond motifs is 1. The zero-order chi connectivity index (χ0) is 26.9. The molecule has 5 rings (SSSR count). The zero-order valence-electron chi connectivity index (χ0n) is 19.9. The summed E-state index contributed by atoms with van der Waals surface area (Å²) >= 11 is 1.31. The Balaban J connectivity index is 1.24. The molecule has 1 saturated heterocycles. The number of sulfonamides is 1. The standard InChI is InChI=1S/C27H23F3N2O4S2/c28-27(29,30)20-10-12-21(13-11-20)37-22-7-3-5-18(15-22)17-31-26(33)23-8-4-14-32(23)38(34,35)25-16-19-6-1-2-9-24(19)36-25/h1-3,5-7,9-13,15-16,23H,4,8,14,17H2,(H,31,33)/t23-/m0/s1. The molecule has 0 spiro atoms. The number of hydrogen-bond donors (Lipinski definition) is 1. The highest BCUT2D eigenvalue weighted by molar-refractivity contribution is 7.99. The molecule has 38 heavy (non-hydrogen) atoms. The first-order chi connectivity index (χ1) is 18.1. The number of amides is 1. The summed E-state index contributed by atoms with van der Waals surface area (Å²) in [4.78, 5) is 14.5. The fraction of sp³-hybridized carbons (Fsp3) is 0.222. The second-order valence-electron chi connectivity index (χ2n) is 8.87. The lowest BCUT2D eigenvalue weighted by Crippen LogP contribution is -2.45. The molecule has 1 aromatic heterocycles. The Kier molecular flexibility index (Phi) is 7.26. The molecule has 11 heteroatoms. The normalized spacial score (nSPS) is 16.7. The van der Waals surface area contributed by atoms with Crippen LogP contribution in [0.15, 0.2) is 98.2 Å². The maximum absolute atomic E-state index is 13.3. The van der Waals surface area contributed by atoms with Crippen molar-refractivity contribution in [2.75, 3.05) is 6.54 Å². The molecule has 0 bridgehead atoms. The molecule has 0 radical (unpaired) electrons. The maximum atomic E-state index is 13.3. The maximum Gasteiger partial charge on any atom is 0.416 e. The van der Waals surface area contributed by atoms with Crippen LogP contribution in [0.2, 0.25) is 0 Å². The lowest BCUT2D eigenvalue weighted by molar-refractivity contribution is -0.137. The third kappa shape index (κ3) is 5.59. The first-order valence-corrected chi connectivity index (χ1v) is 14.1. The van der Waals surface area contributed by atoms with Crippen molar-refractivity contribution in [1.29, 1.82) is 0 Å². The van der Waals surface area contributed by atoms with Gasteiger partial charge in [-0.2, -0.15) is 17.5 Å². The summed E-state index contributed by atoms with van der Waals surface area (Å²) in [6.07, 6.45) is -3.44. The predicted octanol–water partition coefficient (Wildman–Crippen LogP) is 6.07. The Bertz CT molecular complexity index is 1530. The molecule has 198 valence electrons. The molecule has 1 aliphatic heterocycles. The summed E-state index contributed by atoms with van der Waals surface area (Å²) in [6.45, 7) is 0.395. The number of para-hydroxylation sites is 1. The van der Waals surface area contributed by atoms with Crippen molar-refractivity contribution in [1.82, 2.24) is 9.62 Å². The van der Waals surface area contributed by atoms with Crippen LogP contribution in [0.25, 0.3) is 11.0 Å². The first kappa shape index (κ1) is 26.3. The van der Waals surface area contributed by atoms with Gasteiger partial charge in [0.1, 0.15) is 11.6 Å². The average Bonchev–Trinajstić information content (AvgIpc) is 3.56. The molecule has 1 N–H and O–H groups in total. The lowest BCUT2D eigenvalue weighted by Gasteiger charge is -2.22. The van der Waals surface area contributed by atoms with Gasteiger partial charge in [0.2, 0.25) is 11.0 Å². The smallest absolute Gasteiger partial charge is 0.416 e. The molecule has 2 heterocycles. The Morgan fingerprint density at radius 2 is 1.76 bits per heavy atom. The Morgan fingerprint density at radius 3 is 2.50 bits per heavy atom. The highest BCUT2D eigenvalue weighted by Gasteiger charge is 2.41. The molecular formula is C27H23F3N2O4S2. The number of benzene rings is 3. The van der Waals surface area contributed by atoms with E-state index >= 15 is 0 Å². The first-order valence-electron chi connectivity index (χ1n) is 11.8. The summed E-state index contributed by atoms with van der Waals surface area (Å²) in [5, 5.41) is 3.30. The van der Waals surface area contributed by atoms with Gasteiger partial charge >= 0.3 is 6.18 Å². The summed E-state index contributed by atoms with van der Waals surface area (Å²) in [5.74, 6) is -0.400. The third-order valence-corrected chi connectivity index (χ3v) is 9.02. The average molecular weight is 561 g/mol. The minimum atomic E-state index is -4.39. The van der Waals surface area contributed by atoms with Gasteiger partial charge in [-0.1, -0.05) is 42.1 Å². The van der Waals surface area contributed by atoms with E-state index in [1.54, 1.807) is 30.3 Å². The molecule has 3 aromatic carbocycles. The molecular weight excluding hydrogens is 537 g/mol. The van der Waals surface area contributed by atoms with Gasteiger partial charge in [-0.05, 0) is 60.9 Å². The summed E-state index contributed by atoms with van der Waals surface area (Å²) < 4.78 is 71.7. The Labute approximate surface area is 221 Å². The quantitative estimate of drug-likeness (QED) is 0.297. The largest absolute Gasteiger partial charge is 0.443 e. The van der Waals surface area contributed by atoms with E-state index in [-0.39, 0.29) is 18.2 Å². The Hall–Kier alpha value is -3.28. The molecule has 1 fully saturated rings. The van der Waals surface area contributed by atoms with Gasteiger partial charge in [-0.15, -0.1) is 0 Å². The number of furan rings is 1. The number of halogens is 3. The van der Waals surface area contributed by atoms with E-state index in [4.69, 9.17) is 4.42 Å². The number of nitrogens with one attached hydrogen (secondary N) is 1. The highest BCUT2D eigenvalue weighted by atomic mass is 32.2.